The van der Waals surface area contributed by atoms with Gasteiger partial charge in [0.25, 0.3) is 0 Å². The van der Waals surface area contributed by atoms with Gasteiger partial charge in [-0.25, -0.2) is 20.8 Å². The van der Waals surface area contributed by atoms with Gasteiger partial charge >= 0.3 is 18.0 Å². The summed E-state index contributed by atoms with van der Waals surface area (Å²) in [6.45, 7) is 15.2. The van der Waals surface area contributed by atoms with Gasteiger partial charge in [-0.2, -0.15) is 29.9 Å². The molecule has 5 aliphatic heterocycles. The molecule has 0 spiro atoms. The molecule has 5 aliphatic rings. The van der Waals surface area contributed by atoms with Crippen LogP contribution < -0.4 is 72.9 Å². The minimum Gasteiger partial charge on any atom is -0.463 e. The summed E-state index contributed by atoms with van der Waals surface area (Å²) in [7, 11) is 0. The number of nitrogens with one attached hydrogen (secondary N) is 1. The standard InChI is InChI=1S/C28H42N8O5.C23H33N7O2.C16H18ClN5O2/c1-2-3-13-40-28-33-26(29)22-17-25(38)36(27(22)34-28)19-21-4-5-23(32-18-21)35-11-7-20(8-12-35)6-10-31-24(37)9-14-39-15-16-41-30;1-2-3-12-32-23-27-21(25)18-13-20(31)30(22(18)28-23)15-17-4-5-19(26-14-17)29-10-7-16(6-9-24)8-11-29;1-2-3-6-24-16-20-14(18)11-7-13(23)22(15(11)21-16)9-10-4-5-12(17)19-8-10/h4-5,18,20H,2-3,6-17,19,30H2,1H3,(H,31,37)(H2,29,33,34);4-5,14,16H,2-3,6-13,15,24H2,1H3,(H2,25,27,28);4-5,8H,2-3,6-7,9H2,1H3,(H2,18,20,21). The Balaban J connectivity index is 0.000000176. The number of hydrogen-bond acceptors (Lipinski definition) is 25. The lowest BCUT2D eigenvalue weighted by molar-refractivity contribution is -0.122. The van der Waals surface area contributed by atoms with Gasteiger partial charge < -0.3 is 61.8 Å². The van der Waals surface area contributed by atoms with Gasteiger partial charge in [-0.15, -0.1) is 0 Å². The smallest absolute Gasteiger partial charge is 0.320 e. The minimum atomic E-state index is -0.0772. The van der Waals surface area contributed by atoms with Crippen molar-refractivity contribution >= 4 is 81.8 Å². The Morgan fingerprint density at radius 3 is 1.30 bits per heavy atom. The number of amides is 4. The first-order chi connectivity index (χ1) is 47.1. The summed E-state index contributed by atoms with van der Waals surface area (Å²) in [6.07, 6.45) is 18.4. The summed E-state index contributed by atoms with van der Waals surface area (Å²) in [5.41, 5.74) is 28.5. The molecule has 97 heavy (non-hydrogen) atoms. The van der Waals surface area contributed by atoms with E-state index in [2.05, 4.69) is 80.6 Å². The van der Waals surface area contributed by atoms with Gasteiger partial charge in [-0.05, 0) is 111 Å². The van der Waals surface area contributed by atoms with Gasteiger partial charge in [-0.1, -0.05) is 69.8 Å². The number of anilines is 8. The fraction of sp³-hybridized carbons (Fsp3) is 0.537. The number of hydrogen-bond donors (Lipinski definition) is 6. The zero-order valence-corrected chi connectivity index (χ0v) is 56.7. The Bertz CT molecular complexity index is 3550. The molecule has 0 bridgehead atoms. The first-order valence-electron chi connectivity index (χ1n) is 33.8. The van der Waals surface area contributed by atoms with Crippen molar-refractivity contribution in [1.82, 2.24) is 50.2 Å². The number of ether oxygens (including phenoxy) is 4. The molecule has 0 unspecified atom stereocenters. The molecule has 11 N–H and O–H groups in total. The number of unbranched alkanes of at least 4 members (excludes halogenated alkanes) is 3. The van der Waals surface area contributed by atoms with Crippen LogP contribution in [0.5, 0.6) is 18.0 Å². The lowest BCUT2D eigenvalue weighted by atomic mass is 9.93. The monoisotopic (exact) mass is 1360 g/mol. The van der Waals surface area contributed by atoms with Gasteiger partial charge in [0.1, 0.15) is 51.7 Å². The molecule has 0 radical (unpaired) electrons. The maximum atomic E-state index is 12.8. The van der Waals surface area contributed by atoms with E-state index >= 15 is 0 Å². The van der Waals surface area contributed by atoms with E-state index in [1.54, 1.807) is 27.0 Å². The number of nitrogen functional groups attached to an aromatic ring is 3. The van der Waals surface area contributed by atoms with Crippen LogP contribution in [-0.4, -0.2) is 147 Å². The van der Waals surface area contributed by atoms with E-state index in [-0.39, 0.29) is 72.6 Å². The number of rotatable bonds is 31. The first-order valence-corrected chi connectivity index (χ1v) is 34.2. The van der Waals surface area contributed by atoms with Crippen molar-refractivity contribution in [3.63, 3.8) is 0 Å². The van der Waals surface area contributed by atoms with E-state index in [0.29, 0.717) is 123 Å². The van der Waals surface area contributed by atoms with Gasteiger partial charge in [0.15, 0.2) is 0 Å². The molecule has 29 nitrogen and oxygen atoms in total. The highest BCUT2D eigenvalue weighted by molar-refractivity contribution is 6.29. The zero-order valence-electron chi connectivity index (χ0n) is 56.0. The largest absolute Gasteiger partial charge is 0.463 e. The molecule has 522 valence electrons. The van der Waals surface area contributed by atoms with Crippen LogP contribution in [0, 0.1) is 11.8 Å². The second kappa shape index (κ2) is 36.4. The topological polar surface area (TPSA) is 389 Å². The predicted octanol–water partition coefficient (Wildman–Crippen LogP) is 6.40. The maximum absolute atomic E-state index is 12.8. The molecule has 11 heterocycles. The van der Waals surface area contributed by atoms with Crippen LogP contribution in [0.1, 0.15) is 138 Å². The van der Waals surface area contributed by atoms with Crippen molar-refractivity contribution < 1.29 is 43.0 Å². The van der Waals surface area contributed by atoms with E-state index in [1.165, 1.54) is 0 Å². The number of nitrogens with zero attached hydrogens (tertiary/aromatic N) is 14. The van der Waals surface area contributed by atoms with Crippen molar-refractivity contribution in [2.24, 2.45) is 23.5 Å². The molecular weight excluding hydrogens is 1260 g/mol. The van der Waals surface area contributed by atoms with Crippen LogP contribution in [0.25, 0.3) is 0 Å². The third kappa shape index (κ3) is 20.3. The van der Waals surface area contributed by atoms with Crippen LogP contribution in [0.2, 0.25) is 5.15 Å². The summed E-state index contributed by atoms with van der Waals surface area (Å²) in [4.78, 5) is 103. The molecule has 0 aromatic carbocycles. The summed E-state index contributed by atoms with van der Waals surface area (Å²) in [6, 6.07) is 12.2. The second-order valence-corrected chi connectivity index (χ2v) is 24.9. The molecule has 6 aromatic rings. The SMILES string of the molecule is CCCCOc1nc(N)c2c(n1)N(Cc1ccc(Cl)nc1)C(=O)C2.CCCCOc1nc(N)c2c(n1)N(Cc1ccc(N3CCC(CCN)CC3)nc1)C(=O)C2.CCCCOc1nc(N)c2c(n1)N(Cc1ccc(N3CCC(CCNC(=O)CCOCCON)CC3)nc1)C(=O)C2. The Kier molecular flexibility index (Phi) is 27.2. The molecule has 0 saturated carbocycles. The number of aromatic nitrogens is 9. The molecule has 4 amide bonds. The van der Waals surface area contributed by atoms with Crippen LogP contribution in [0.3, 0.4) is 0 Å². The van der Waals surface area contributed by atoms with Crippen molar-refractivity contribution in [2.75, 3.05) is 121 Å². The third-order valence-electron chi connectivity index (χ3n) is 17.4. The summed E-state index contributed by atoms with van der Waals surface area (Å²) in [5, 5.41) is 3.38. The zero-order chi connectivity index (χ0) is 68.6. The van der Waals surface area contributed by atoms with E-state index < -0.39 is 0 Å². The molecular formula is C67H93ClN20O9. The molecule has 2 saturated heterocycles. The lowest BCUT2D eigenvalue weighted by Crippen LogP contribution is -2.35. The quantitative estimate of drug-likeness (QED) is 0.0156. The van der Waals surface area contributed by atoms with Gasteiger partial charge in [0.05, 0.1) is 78.5 Å². The predicted molar refractivity (Wildman–Crippen MR) is 370 cm³/mol. The van der Waals surface area contributed by atoms with Crippen molar-refractivity contribution in [2.45, 2.75) is 143 Å². The summed E-state index contributed by atoms with van der Waals surface area (Å²) in [5.74, 6) is 10.4. The molecule has 11 rings (SSSR count). The van der Waals surface area contributed by atoms with Gasteiger partial charge in [-0.3, -0.25) is 33.9 Å². The Morgan fingerprint density at radius 1 is 0.536 bits per heavy atom. The highest BCUT2D eigenvalue weighted by Crippen LogP contribution is 2.37. The number of pyridine rings is 3. The Labute approximate surface area is 571 Å². The molecule has 0 atom stereocenters. The number of carbonyl (C=O) groups is 4. The van der Waals surface area contributed by atoms with Crippen molar-refractivity contribution in [1.29, 1.82) is 0 Å². The second-order valence-electron chi connectivity index (χ2n) is 24.5. The summed E-state index contributed by atoms with van der Waals surface area (Å²) < 4.78 is 22.1. The Hall–Kier alpha value is -8.90. The first kappa shape index (κ1) is 72.4. The number of piperidine rings is 2. The van der Waals surface area contributed by atoms with Crippen molar-refractivity contribution in [3.05, 3.63) is 93.5 Å². The maximum Gasteiger partial charge on any atom is 0.320 e. The van der Waals surface area contributed by atoms with Crippen molar-refractivity contribution in [3.8, 4) is 18.0 Å². The lowest BCUT2D eigenvalue weighted by Gasteiger charge is -2.33. The van der Waals surface area contributed by atoms with Crippen LogP contribution in [0.4, 0.5) is 46.5 Å². The fourth-order valence-electron chi connectivity index (χ4n) is 11.7. The normalized spacial score (nSPS) is 15.2. The third-order valence-corrected chi connectivity index (χ3v) is 17.6. The molecule has 6 aromatic heterocycles. The molecule has 0 aliphatic carbocycles. The van der Waals surface area contributed by atoms with Gasteiger partial charge in [0.2, 0.25) is 23.6 Å². The molecule has 30 heteroatoms. The van der Waals surface area contributed by atoms with Gasteiger partial charge in [0, 0.05) is 74.4 Å². The number of carbonyl (C=O) groups excluding carboxylic acids is 4. The van der Waals surface area contributed by atoms with Crippen LogP contribution >= 0.6 is 11.6 Å². The highest BCUT2D eigenvalue weighted by atomic mass is 35.5. The van der Waals surface area contributed by atoms with E-state index in [9.17, 15) is 19.2 Å². The molecule has 2 fully saturated rings. The van der Waals surface area contributed by atoms with E-state index in [4.69, 9.17) is 64.4 Å². The average molecular weight is 1360 g/mol. The Morgan fingerprint density at radius 2 is 0.938 bits per heavy atom. The average Bonchev–Trinajstić information content (AvgIpc) is 1.66. The van der Waals surface area contributed by atoms with E-state index in [0.717, 1.165) is 144 Å². The fourth-order valence-corrected chi connectivity index (χ4v) is 11.9. The summed E-state index contributed by atoms with van der Waals surface area (Å²) >= 11 is 5.79. The van der Waals surface area contributed by atoms with Crippen LogP contribution in [0.15, 0.2) is 55.0 Å². The highest BCUT2D eigenvalue weighted by Gasteiger charge is 2.36. The van der Waals surface area contributed by atoms with Crippen LogP contribution in [-0.2, 0) is 67.6 Å². The number of halogens is 1. The number of nitrogens with two attached hydrogens (primary N) is 5. The number of fused-ring (bicyclic) bond motifs is 3. The van der Waals surface area contributed by atoms with E-state index in [1.807, 2.05) is 42.7 Å². The minimum absolute atomic E-state index is 0.00354.